The van der Waals surface area contributed by atoms with Gasteiger partial charge < -0.3 is 10.2 Å². The SMILES string of the molecule is CCCCN(CCC)C(=O)C(=O)Nc1ccc(Br)cc1C. The van der Waals surface area contributed by atoms with Crippen LogP contribution in [0.3, 0.4) is 0 Å². The number of aryl methyl sites for hydroxylation is 1. The van der Waals surface area contributed by atoms with Crippen LogP contribution in [0.4, 0.5) is 5.69 Å². The number of carbonyl (C=O) groups is 2. The molecule has 1 N–H and O–H groups in total. The van der Waals surface area contributed by atoms with E-state index in [2.05, 4.69) is 28.2 Å². The lowest BCUT2D eigenvalue weighted by molar-refractivity contribution is -0.143. The predicted molar refractivity (Wildman–Crippen MR) is 89.3 cm³/mol. The summed E-state index contributed by atoms with van der Waals surface area (Å²) >= 11 is 3.38. The molecular weight excluding hydrogens is 332 g/mol. The minimum Gasteiger partial charge on any atom is -0.334 e. The molecule has 0 aliphatic heterocycles. The van der Waals surface area contributed by atoms with Crippen LogP contribution in [-0.4, -0.2) is 29.8 Å². The maximum Gasteiger partial charge on any atom is 0.313 e. The summed E-state index contributed by atoms with van der Waals surface area (Å²) in [6, 6.07) is 5.54. The number of anilines is 1. The molecule has 0 atom stereocenters. The lowest BCUT2D eigenvalue weighted by Gasteiger charge is -2.21. The monoisotopic (exact) mass is 354 g/mol. The molecule has 1 aromatic carbocycles. The van der Waals surface area contributed by atoms with E-state index in [0.29, 0.717) is 18.8 Å². The molecule has 2 amide bonds. The summed E-state index contributed by atoms with van der Waals surface area (Å²) in [5.74, 6) is -1.02. The zero-order valence-electron chi connectivity index (χ0n) is 12.9. The fraction of sp³-hybridized carbons (Fsp3) is 0.500. The molecule has 0 fully saturated rings. The van der Waals surface area contributed by atoms with Crippen molar-refractivity contribution in [2.75, 3.05) is 18.4 Å². The fourth-order valence-corrected chi connectivity index (χ4v) is 2.50. The molecule has 0 saturated heterocycles. The van der Waals surface area contributed by atoms with E-state index in [4.69, 9.17) is 0 Å². The molecule has 0 saturated carbocycles. The Morgan fingerprint density at radius 1 is 1.19 bits per heavy atom. The van der Waals surface area contributed by atoms with Crippen LogP contribution in [0, 0.1) is 6.92 Å². The van der Waals surface area contributed by atoms with Crippen LogP contribution in [0.2, 0.25) is 0 Å². The maximum absolute atomic E-state index is 12.2. The van der Waals surface area contributed by atoms with Crippen LogP contribution < -0.4 is 5.32 Å². The van der Waals surface area contributed by atoms with E-state index < -0.39 is 11.8 Å². The predicted octanol–water partition coefficient (Wildman–Crippen LogP) is 3.73. The number of amides is 2. The largest absolute Gasteiger partial charge is 0.334 e. The first-order chi connectivity index (χ1) is 9.99. The highest BCUT2D eigenvalue weighted by Crippen LogP contribution is 2.20. The van der Waals surface area contributed by atoms with Gasteiger partial charge in [-0.25, -0.2) is 0 Å². The number of carbonyl (C=O) groups excluding carboxylic acids is 2. The molecule has 0 aromatic heterocycles. The Bertz CT molecular complexity index is 503. The van der Waals surface area contributed by atoms with E-state index in [1.165, 1.54) is 0 Å². The number of hydrogen-bond acceptors (Lipinski definition) is 2. The van der Waals surface area contributed by atoms with Crippen LogP contribution in [0.25, 0.3) is 0 Å². The van der Waals surface area contributed by atoms with E-state index >= 15 is 0 Å². The lowest BCUT2D eigenvalue weighted by atomic mass is 10.2. The third-order valence-corrected chi connectivity index (χ3v) is 3.69. The highest BCUT2D eigenvalue weighted by atomic mass is 79.9. The minimum atomic E-state index is -0.565. The van der Waals surface area contributed by atoms with Gasteiger partial charge in [-0.15, -0.1) is 0 Å². The molecule has 0 spiro atoms. The molecule has 5 heteroatoms. The number of benzene rings is 1. The van der Waals surface area contributed by atoms with Crippen molar-refractivity contribution in [1.82, 2.24) is 4.90 Å². The van der Waals surface area contributed by atoms with Crippen LogP contribution in [0.5, 0.6) is 0 Å². The van der Waals surface area contributed by atoms with Gasteiger partial charge >= 0.3 is 11.8 Å². The van der Waals surface area contributed by atoms with Gasteiger partial charge in [-0.2, -0.15) is 0 Å². The minimum absolute atomic E-state index is 0.451. The highest BCUT2D eigenvalue weighted by molar-refractivity contribution is 9.10. The molecule has 21 heavy (non-hydrogen) atoms. The molecule has 4 nitrogen and oxygen atoms in total. The average Bonchev–Trinajstić information content (AvgIpc) is 2.45. The van der Waals surface area contributed by atoms with Crippen molar-refractivity contribution in [2.24, 2.45) is 0 Å². The van der Waals surface area contributed by atoms with E-state index in [9.17, 15) is 9.59 Å². The van der Waals surface area contributed by atoms with Crippen LogP contribution >= 0.6 is 15.9 Å². The first-order valence-electron chi connectivity index (χ1n) is 7.36. The summed E-state index contributed by atoms with van der Waals surface area (Å²) < 4.78 is 0.944. The summed E-state index contributed by atoms with van der Waals surface area (Å²) in [6.45, 7) is 7.22. The molecule has 0 heterocycles. The summed E-state index contributed by atoms with van der Waals surface area (Å²) in [5.41, 5.74) is 1.59. The van der Waals surface area contributed by atoms with Gasteiger partial charge in [-0.3, -0.25) is 9.59 Å². The Balaban J connectivity index is 2.73. The second-order valence-corrected chi connectivity index (χ2v) is 5.97. The molecule has 1 rings (SSSR count). The topological polar surface area (TPSA) is 49.4 Å². The molecule has 0 radical (unpaired) electrons. The Morgan fingerprint density at radius 2 is 1.90 bits per heavy atom. The standard InChI is InChI=1S/C16H23BrN2O2/c1-4-6-10-19(9-5-2)16(21)15(20)18-14-8-7-13(17)11-12(14)3/h7-8,11H,4-6,9-10H2,1-3H3,(H,18,20). The summed E-state index contributed by atoms with van der Waals surface area (Å²) in [7, 11) is 0. The van der Waals surface area contributed by atoms with Crippen LogP contribution in [0.1, 0.15) is 38.7 Å². The van der Waals surface area contributed by atoms with Crippen molar-refractivity contribution < 1.29 is 9.59 Å². The number of nitrogens with zero attached hydrogens (tertiary/aromatic N) is 1. The number of rotatable bonds is 6. The Labute approximate surface area is 135 Å². The van der Waals surface area contributed by atoms with Crippen LogP contribution in [-0.2, 0) is 9.59 Å². The third-order valence-electron chi connectivity index (χ3n) is 3.19. The third kappa shape index (κ3) is 5.50. The highest BCUT2D eigenvalue weighted by Gasteiger charge is 2.21. The maximum atomic E-state index is 12.2. The first kappa shape index (κ1) is 17.7. The van der Waals surface area contributed by atoms with Crippen molar-refractivity contribution in [3.05, 3.63) is 28.2 Å². The number of hydrogen-bond donors (Lipinski definition) is 1. The van der Waals surface area contributed by atoms with Gasteiger partial charge in [0, 0.05) is 23.2 Å². The van der Waals surface area contributed by atoms with Crippen molar-refractivity contribution in [1.29, 1.82) is 0 Å². The average molecular weight is 355 g/mol. The molecule has 0 unspecified atom stereocenters. The normalized spacial score (nSPS) is 10.3. The quantitative estimate of drug-likeness (QED) is 0.791. The zero-order valence-corrected chi connectivity index (χ0v) is 14.5. The number of halogens is 1. The first-order valence-corrected chi connectivity index (χ1v) is 8.15. The smallest absolute Gasteiger partial charge is 0.313 e. The second kappa shape index (κ2) is 8.82. The van der Waals surface area contributed by atoms with Crippen LogP contribution in [0.15, 0.2) is 22.7 Å². The molecule has 0 aliphatic carbocycles. The molecule has 0 aliphatic rings. The Hall–Kier alpha value is -1.36. The van der Waals surface area contributed by atoms with Gasteiger partial charge in [0.15, 0.2) is 0 Å². The fourth-order valence-electron chi connectivity index (χ4n) is 2.02. The van der Waals surface area contributed by atoms with E-state index in [1.54, 1.807) is 11.0 Å². The molecular formula is C16H23BrN2O2. The van der Waals surface area contributed by atoms with Gasteiger partial charge in [0.05, 0.1) is 0 Å². The lowest BCUT2D eigenvalue weighted by Crippen LogP contribution is -2.40. The van der Waals surface area contributed by atoms with Gasteiger partial charge in [-0.1, -0.05) is 36.2 Å². The van der Waals surface area contributed by atoms with Crippen molar-refractivity contribution >= 4 is 33.4 Å². The molecule has 1 aromatic rings. The van der Waals surface area contributed by atoms with E-state index in [-0.39, 0.29) is 0 Å². The van der Waals surface area contributed by atoms with Gasteiger partial charge in [0.1, 0.15) is 0 Å². The summed E-state index contributed by atoms with van der Waals surface area (Å²) in [6.07, 6.45) is 2.76. The Kier molecular flexibility index (Phi) is 7.43. The van der Waals surface area contributed by atoms with E-state index in [0.717, 1.165) is 29.3 Å². The van der Waals surface area contributed by atoms with E-state index in [1.807, 2.05) is 26.0 Å². The zero-order chi connectivity index (χ0) is 15.8. The van der Waals surface area contributed by atoms with Gasteiger partial charge in [0.2, 0.25) is 0 Å². The van der Waals surface area contributed by atoms with Gasteiger partial charge in [-0.05, 0) is 43.5 Å². The second-order valence-electron chi connectivity index (χ2n) is 5.06. The number of unbranched alkanes of at least 4 members (excludes halogenated alkanes) is 1. The molecule has 0 bridgehead atoms. The van der Waals surface area contributed by atoms with Crippen molar-refractivity contribution in [2.45, 2.75) is 40.0 Å². The Morgan fingerprint density at radius 3 is 2.48 bits per heavy atom. The van der Waals surface area contributed by atoms with Crippen molar-refractivity contribution in [3.8, 4) is 0 Å². The van der Waals surface area contributed by atoms with Crippen molar-refractivity contribution in [3.63, 3.8) is 0 Å². The molecule has 116 valence electrons. The summed E-state index contributed by atoms with van der Waals surface area (Å²) in [5, 5.41) is 2.70. The number of nitrogens with one attached hydrogen (secondary N) is 1. The van der Waals surface area contributed by atoms with Gasteiger partial charge in [0.25, 0.3) is 0 Å². The summed E-state index contributed by atoms with van der Waals surface area (Å²) in [4.78, 5) is 26.0.